The first kappa shape index (κ1) is 14.0. The maximum absolute atomic E-state index is 12.2. The Labute approximate surface area is 112 Å². The number of thiol groups is 1. The fourth-order valence-corrected chi connectivity index (χ4v) is 6.40. The minimum absolute atomic E-state index is 0.0801. The molecule has 5 nitrogen and oxygen atoms in total. The molecule has 0 spiro atoms. The van der Waals surface area contributed by atoms with Gasteiger partial charge in [-0.15, -0.1) is 11.3 Å². The number of hydrogen-bond donors (Lipinski definition) is 2. The molecule has 2 rings (SSSR count). The highest BCUT2D eigenvalue weighted by Gasteiger charge is 2.38. The molecule has 1 aromatic heterocycles. The van der Waals surface area contributed by atoms with Gasteiger partial charge in [0, 0.05) is 6.04 Å². The van der Waals surface area contributed by atoms with Crippen molar-refractivity contribution in [3.8, 4) is 0 Å². The molecule has 0 radical (unpaired) electrons. The average Bonchev–Trinajstić information content (AvgIpc) is 2.72. The SMILES string of the molecule is CCN[C@H]1C[C@H](C)S(=O)(=O)c2sc([SH](=O)=O)cc21. The van der Waals surface area contributed by atoms with E-state index in [-0.39, 0.29) is 14.5 Å². The summed E-state index contributed by atoms with van der Waals surface area (Å²) in [5.74, 6) is 0. The van der Waals surface area contributed by atoms with Gasteiger partial charge in [-0.25, -0.2) is 16.8 Å². The molecular formula is C10H15NO4S3. The molecule has 0 fully saturated rings. The van der Waals surface area contributed by atoms with Gasteiger partial charge in [-0.05, 0) is 31.5 Å². The summed E-state index contributed by atoms with van der Waals surface area (Å²) >= 11 is 0.860. The van der Waals surface area contributed by atoms with Crippen molar-refractivity contribution in [1.29, 1.82) is 0 Å². The second kappa shape index (κ2) is 4.92. The van der Waals surface area contributed by atoms with Gasteiger partial charge < -0.3 is 5.32 Å². The van der Waals surface area contributed by atoms with Crippen LogP contribution in [-0.4, -0.2) is 28.6 Å². The monoisotopic (exact) mass is 309 g/mol. The topological polar surface area (TPSA) is 80.3 Å². The van der Waals surface area contributed by atoms with E-state index in [0.717, 1.165) is 11.3 Å². The van der Waals surface area contributed by atoms with Crippen LogP contribution in [0, 0.1) is 0 Å². The van der Waals surface area contributed by atoms with Crippen LogP contribution < -0.4 is 5.32 Å². The molecule has 0 unspecified atom stereocenters. The second-order valence-electron chi connectivity index (χ2n) is 4.29. The smallest absolute Gasteiger partial charge is 0.190 e. The Kier molecular flexibility index (Phi) is 3.82. The van der Waals surface area contributed by atoms with Crippen molar-refractivity contribution in [2.24, 2.45) is 0 Å². The van der Waals surface area contributed by atoms with Gasteiger partial charge in [-0.1, -0.05) is 6.92 Å². The molecule has 1 aliphatic rings. The van der Waals surface area contributed by atoms with Crippen LogP contribution in [0.1, 0.15) is 31.9 Å². The summed E-state index contributed by atoms with van der Waals surface area (Å²) in [5.41, 5.74) is 0.606. The highest BCUT2D eigenvalue weighted by molar-refractivity contribution is 7.94. The molecule has 2 atom stereocenters. The molecule has 0 bridgehead atoms. The average molecular weight is 309 g/mol. The van der Waals surface area contributed by atoms with E-state index in [1.807, 2.05) is 6.92 Å². The van der Waals surface area contributed by atoms with E-state index < -0.39 is 25.8 Å². The number of nitrogens with one attached hydrogen (secondary N) is 1. The summed E-state index contributed by atoms with van der Waals surface area (Å²) in [6, 6.07) is 1.41. The third kappa shape index (κ3) is 2.22. The fraction of sp³-hybridized carbons (Fsp3) is 0.600. The number of sulfone groups is 1. The van der Waals surface area contributed by atoms with E-state index in [4.69, 9.17) is 0 Å². The lowest BCUT2D eigenvalue weighted by atomic mass is 10.1. The first-order valence-electron chi connectivity index (χ1n) is 5.63. The van der Waals surface area contributed by atoms with E-state index in [1.165, 1.54) is 6.07 Å². The summed E-state index contributed by atoms with van der Waals surface area (Å²) < 4.78 is 46.7. The van der Waals surface area contributed by atoms with Crippen LogP contribution in [0.25, 0.3) is 0 Å². The zero-order valence-corrected chi connectivity index (χ0v) is 12.6. The van der Waals surface area contributed by atoms with Gasteiger partial charge in [-0.2, -0.15) is 0 Å². The summed E-state index contributed by atoms with van der Waals surface area (Å²) in [4.78, 5) is 0. The predicted octanol–water partition coefficient (Wildman–Crippen LogP) is 0.935. The van der Waals surface area contributed by atoms with Gasteiger partial charge in [0.1, 0.15) is 8.42 Å². The molecule has 0 aliphatic carbocycles. The Bertz CT molecular complexity index is 622. The van der Waals surface area contributed by atoms with Crippen LogP contribution in [0.2, 0.25) is 0 Å². The van der Waals surface area contributed by atoms with Crippen LogP contribution in [0.3, 0.4) is 0 Å². The Morgan fingerprint density at radius 2 is 2.17 bits per heavy atom. The second-order valence-corrected chi connectivity index (χ2v) is 9.20. The van der Waals surface area contributed by atoms with Crippen molar-refractivity contribution in [2.75, 3.05) is 6.54 Å². The van der Waals surface area contributed by atoms with Gasteiger partial charge in [-0.3, -0.25) is 0 Å². The van der Waals surface area contributed by atoms with Gasteiger partial charge in [0.05, 0.1) is 5.25 Å². The molecule has 0 amide bonds. The van der Waals surface area contributed by atoms with Crippen molar-refractivity contribution in [3.05, 3.63) is 11.6 Å². The van der Waals surface area contributed by atoms with E-state index in [9.17, 15) is 16.8 Å². The molecule has 0 saturated heterocycles. The molecule has 8 heteroatoms. The first-order chi connectivity index (χ1) is 8.37. The van der Waals surface area contributed by atoms with Crippen LogP contribution in [0.15, 0.2) is 14.5 Å². The normalized spacial score (nSPS) is 26.2. The maximum Gasteiger partial charge on any atom is 0.190 e. The summed E-state index contributed by atoms with van der Waals surface area (Å²) in [6.07, 6.45) is 0.481. The minimum atomic E-state index is -3.37. The van der Waals surface area contributed by atoms with Gasteiger partial charge >= 0.3 is 0 Å². The number of fused-ring (bicyclic) bond motifs is 1. The summed E-state index contributed by atoms with van der Waals surface area (Å²) in [7, 11) is -6.11. The van der Waals surface area contributed by atoms with Crippen LogP contribution in [-0.2, 0) is 20.5 Å². The number of thiophene rings is 1. The highest BCUT2D eigenvalue weighted by Crippen LogP contribution is 2.41. The van der Waals surface area contributed by atoms with Crippen LogP contribution >= 0.6 is 11.3 Å². The Balaban J connectivity index is 2.61. The molecule has 18 heavy (non-hydrogen) atoms. The van der Waals surface area contributed by atoms with Crippen molar-refractivity contribution in [1.82, 2.24) is 5.32 Å². The zero-order chi connectivity index (χ0) is 13.5. The van der Waals surface area contributed by atoms with Crippen molar-refractivity contribution in [3.63, 3.8) is 0 Å². The molecule has 1 aliphatic heterocycles. The Morgan fingerprint density at radius 3 is 2.72 bits per heavy atom. The Morgan fingerprint density at radius 1 is 1.50 bits per heavy atom. The number of hydrogen-bond acceptors (Lipinski definition) is 6. The lowest BCUT2D eigenvalue weighted by Crippen LogP contribution is -2.33. The lowest BCUT2D eigenvalue weighted by Gasteiger charge is -2.27. The van der Waals surface area contributed by atoms with Crippen LogP contribution in [0.5, 0.6) is 0 Å². The molecular weight excluding hydrogens is 294 g/mol. The summed E-state index contributed by atoms with van der Waals surface area (Å²) in [6.45, 7) is 4.32. The summed E-state index contributed by atoms with van der Waals surface area (Å²) in [5, 5.41) is 2.73. The Hall–Kier alpha value is -0.440. The maximum atomic E-state index is 12.2. The standard InChI is InChI=1S/C10H15NO4S3/c1-3-11-8-4-6(2)18(14,15)10-7(8)5-9(16-10)17(12)13/h5-6,8,11,17H,3-4H2,1-2H3/t6-,8-/m0/s1. The molecule has 0 aromatic carbocycles. The van der Waals surface area contributed by atoms with Crippen molar-refractivity contribution < 1.29 is 16.8 Å². The molecule has 1 N–H and O–H groups in total. The van der Waals surface area contributed by atoms with Crippen molar-refractivity contribution in [2.45, 2.75) is 40.0 Å². The minimum Gasteiger partial charge on any atom is -0.310 e. The largest absolute Gasteiger partial charge is 0.310 e. The molecule has 2 heterocycles. The molecule has 1 aromatic rings. The van der Waals surface area contributed by atoms with Gasteiger partial charge in [0.25, 0.3) is 0 Å². The third-order valence-electron chi connectivity index (χ3n) is 3.07. The van der Waals surface area contributed by atoms with E-state index in [1.54, 1.807) is 6.92 Å². The fourth-order valence-electron chi connectivity index (χ4n) is 2.14. The van der Waals surface area contributed by atoms with Gasteiger partial charge in [0.15, 0.2) is 20.5 Å². The molecule has 102 valence electrons. The van der Waals surface area contributed by atoms with E-state index >= 15 is 0 Å². The first-order valence-corrected chi connectivity index (χ1v) is 9.17. The predicted molar refractivity (Wildman–Crippen MR) is 70.6 cm³/mol. The van der Waals surface area contributed by atoms with E-state index in [2.05, 4.69) is 5.32 Å². The highest BCUT2D eigenvalue weighted by atomic mass is 32.2. The number of rotatable bonds is 3. The van der Waals surface area contributed by atoms with Gasteiger partial charge in [0.2, 0.25) is 0 Å². The zero-order valence-electron chi connectivity index (χ0n) is 10.0. The van der Waals surface area contributed by atoms with Crippen molar-refractivity contribution >= 4 is 31.9 Å². The quantitative estimate of drug-likeness (QED) is 0.812. The van der Waals surface area contributed by atoms with E-state index in [0.29, 0.717) is 18.5 Å². The van der Waals surface area contributed by atoms with Crippen LogP contribution in [0.4, 0.5) is 0 Å². The lowest BCUT2D eigenvalue weighted by molar-refractivity contribution is 0.477. The molecule has 0 saturated carbocycles. The third-order valence-corrected chi connectivity index (χ3v) is 7.98.